The van der Waals surface area contributed by atoms with E-state index in [1.807, 2.05) is 0 Å². The van der Waals surface area contributed by atoms with Crippen LogP contribution in [0.1, 0.15) is 94.6 Å². The van der Waals surface area contributed by atoms with E-state index in [9.17, 15) is 0 Å². The molecule has 144 valence electrons. The van der Waals surface area contributed by atoms with Gasteiger partial charge in [-0.1, -0.05) is 81.3 Å². The molecular weight excluding hydrogens is 338 g/mol. The van der Waals surface area contributed by atoms with Gasteiger partial charge in [0.25, 0.3) is 0 Å². The van der Waals surface area contributed by atoms with Crippen molar-refractivity contribution in [1.82, 2.24) is 4.90 Å². The van der Waals surface area contributed by atoms with Gasteiger partial charge in [-0.05, 0) is 61.8 Å². The van der Waals surface area contributed by atoms with Gasteiger partial charge in [-0.15, -0.1) is 0 Å². The molecule has 0 radical (unpaired) electrons. The van der Waals surface area contributed by atoms with Gasteiger partial charge in [0.1, 0.15) is 0 Å². The predicted octanol–water partition coefficient (Wildman–Crippen LogP) is 7.45. The molecule has 0 saturated heterocycles. The quantitative estimate of drug-likeness (QED) is 0.479. The summed E-state index contributed by atoms with van der Waals surface area (Å²) in [6.07, 6.45) is 19.5. The van der Waals surface area contributed by atoms with Crippen LogP contribution in [0.4, 0.5) is 0 Å². The van der Waals surface area contributed by atoms with Gasteiger partial charge in [0, 0.05) is 17.6 Å². The fourth-order valence-electron chi connectivity index (χ4n) is 4.90. The van der Waals surface area contributed by atoms with E-state index in [1.165, 1.54) is 88.4 Å². The molecule has 1 aromatic rings. The number of nitrogens with zero attached hydrogens (tertiary/aromatic N) is 1. The molecule has 3 rings (SSSR count). The van der Waals surface area contributed by atoms with Gasteiger partial charge >= 0.3 is 0 Å². The molecular formula is C24H36ClN. The van der Waals surface area contributed by atoms with E-state index in [0.29, 0.717) is 5.92 Å². The normalized spacial score (nSPS) is 20.3. The zero-order valence-corrected chi connectivity index (χ0v) is 17.3. The summed E-state index contributed by atoms with van der Waals surface area (Å²) in [6.45, 7) is 4.67. The Balaban J connectivity index is 1.50. The van der Waals surface area contributed by atoms with Crippen molar-refractivity contribution in [3.8, 4) is 0 Å². The molecule has 1 aromatic carbocycles. The van der Waals surface area contributed by atoms with Crippen LogP contribution in [-0.4, -0.2) is 24.0 Å². The van der Waals surface area contributed by atoms with Crippen molar-refractivity contribution in [1.29, 1.82) is 0 Å². The molecule has 1 nitrogen and oxygen atoms in total. The van der Waals surface area contributed by atoms with Gasteiger partial charge in [-0.2, -0.15) is 0 Å². The second-order valence-corrected chi connectivity index (χ2v) is 8.63. The molecule has 0 amide bonds. The maximum Gasteiger partial charge on any atom is 0.0446 e. The molecule has 0 heterocycles. The second-order valence-electron chi connectivity index (χ2n) is 8.23. The third-order valence-electron chi connectivity index (χ3n) is 6.46. The Morgan fingerprint density at radius 2 is 1.69 bits per heavy atom. The third kappa shape index (κ3) is 5.60. The minimum atomic E-state index is 0.683. The average Bonchev–Trinajstić information content (AvgIpc) is 2.69. The third-order valence-corrected chi connectivity index (χ3v) is 6.79. The first kappa shape index (κ1) is 20.0. The zero-order valence-electron chi connectivity index (χ0n) is 16.6. The van der Waals surface area contributed by atoms with Gasteiger partial charge in [0.15, 0.2) is 0 Å². The monoisotopic (exact) mass is 373 g/mol. The molecule has 0 unspecified atom stereocenters. The van der Waals surface area contributed by atoms with E-state index in [-0.39, 0.29) is 0 Å². The molecule has 0 bridgehead atoms. The summed E-state index contributed by atoms with van der Waals surface area (Å²) in [5.41, 5.74) is 2.62. The van der Waals surface area contributed by atoms with Crippen molar-refractivity contribution in [2.45, 2.75) is 89.5 Å². The first-order valence-corrected chi connectivity index (χ1v) is 11.4. The Morgan fingerprint density at radius 1 is 1.00 bits per heavy atom. The van der Waals surface area contributed by atoms with Crippen molar-refractivity contribution >= 4 is 17.7 Å². The molecule has 2 fully saturated rings. The number of halogens is 1. The summed E-state index contributed by atoms with van der Waals surface area (Å²) >= 11 is 6.61. The summed E-state index contributed by atoms with van der Waals surface area (Å²) in [4.78, 5) is 2.68. The van der Waals surface area contributed by atoms with Crippen LogP contribution in [0.3, 0.4) is 0 Å². The fourth-order valence-corrected chi connectivity index (χ4v) is 5.24. The fraction of sp³-hybridized carbons (Fsp3) is 0.667. The molecule has 2 heteroatoms. The Bertz CT molecular complexity index is 568. The van der Waals surface area contributed by atoms with E-state index in [0.717, 1.165) is 17.5 Å². The smallest absolute Gasteiger partial charge is 0.0446 e. The number of hydrogen-bond donors (Lipinski definition) is 0. The maximum atomic E-state index is 6.61. The summed E-state index contributed by atoms with van der Waals surface area (Å²) < 4.78 is 0. The molecule has 0 aliphatic heterocycles. The zero-order chi connectivity index (χ0) is 18.2. The summed E-state index contributed by atoms with van der Waals surface area (Å²) in [5.74, 6) is 0.683. The lowest BCUT2D eigenvalue weighted by atomic mass is 9.84. The van der Waals surface area contributed by atoms with Crippen LogP contribution in [0.2, 0.25) is 5.02 Å². The first-order chi connectivity index (χ1) is 12.8. The molecule has 0 atom stereocenters. The molecule has 0 spiro atoms. The molecule has 2 saturated carbocycles. The Hall–Kier alpha value is -0.790. The topological polar surface area (TPSA) is 3.24 Å². The van der Waals surface area contributed by atoms with Gasteiger partial charge in [0.05, 0.1) is 0 Å². The van der Waals surface area contributed by atoms with Crippen molar-refractivity contribution in [2.75, 3.05) is 13.1 Å². The van der Waals surface area contributed by atoms with E-state index < -0.39 is 0 Å². The van der Waals surface area contributed by atoms with Crippen molar-refractivity contribution in [3.05, 3.63) is 40.4 Å². The largest absolute Gasteiger partial charge is 0.300 e. The number of hydrogen-bond acceptors (Lipinski definition) is 1. The molecule has 2 aliphatic carbocycles. The Morgan fingerprint density at radius 3 is 2.35 bits per heavy atom. The lowest BCUT2D eigenvalue weighted by Gasteiger charge is -2.33. The van der Waals surface area contributed by atoms with Crippen molar-refractivity contribution < 1.29 is 0 Å². The first-order valence-electron chi connectivity index (χ1n) is 11.0. The Labute approximate surface area is 165 Å². The second kappa shape index (κ2) is 10.5. The molecule has 0 N–H and O–H groups in total. The highest BCUT2D eigenvalue weighted by Gasteiger charge is 2.19. The minimum Gasteiger partial charge on any atom is -0.300 e. The van der Waals surface area contributed by atoms with Crippen LogP contribution in [0.5, 0.6) is 0 Å². The molecule has 0 aromatic heterocycles. The van der Waals surface area contributed by atoms with Crippen LogP contribution < -0.4 is 0 Å². The summed E-state index contributed by atoms with van der Waals surface area (Å²) in [5, 5.41) is 0.969. The van der Waals surface area contributed by atoms with Crippen LogP contribution in [0, 0.1) is 0 Å². The Kier molecular flexibility index (Phi) is 8.08. The van der Waals surface area contributed by atoms with E-state index in [4.69, 9.17) is 11.6 Å². The van der Waals surface area contributed by atoms with E-state index >= 15 is 0 Å². The standard InChI is InChI=1S/C24H36ClN/c1-2-26(22-14-7-4-8-15-22)18-10-9-11-20-16-17-23(24(25)19-20)21-12-5-3-6-13-21/h9,11,16-17,19,21-22H,2-8,10,12-15,18H2,1H3. The van der Waals surface area contributed by atoms with Gasteiger partial charge in [-0.3, -0.25) is 0 Å². The van der Waals surface area contributed by atoms with Crippen LogP contribution in [0.15, 0.2) is 24.3 Å². The highest BCUT2D eigenvalue weighted by molar-refractivity contribution is 6.31. The van der Waals surface area contributed by atoms with Crippen molar-refractivity contribution in [3.63, 3.8) is 0 Å². The number of benzene rings is 1. The SMILES string of the molecule is CCN(CCC=Cc1ccc(C2CCCCC2)c(Cl)c1)C1CCCCC1. The van der Waals surface area contributed by atoms with Gasteiger partial charge in [0.2, 0.25) is 0 Å². The van der Waals surface area contributed by atoms with Crippen molar-refractivity contribution in [2.24, 2.45) is 0 Å². The average molecular weight is 374 g/mol. The highest BCUT2D eigenvalue weighted by Crippen LogP contribution is 2.36. The lowest BCUT2D eigenvalue weighted by molar-refractivity contribution is 0.166. The summed E-state index contributed by atoms with van der Waals surface area (Å²) in [6, 6.07) is 7.52. The molecule has 2 aliphatic rings. The maximum absolute atomic E-state index is 6.61. The van der Waals surface area contributed by atoms with E-state index in [2.05, 4.69) is 42.2 Å². The minimum absolute atomic E-state index is 0.683. The van der Waals surface area contributed by atoms with E-state index in [1.54, 1.807) is 0 Å². The van der Waals surface area contributed by atoms with Crippen LogP contribution in [-0.2, 0) is 0 Å². The van der Waals surface area contributed by atoms with Crippen LogP contribution in [0.25, 0.3) is 6.08 Å². The van der Waals surface area contributed by atoms with Crippen LogP contribution >= 0.6 is 11.6 Å². The number of rotatable bonds is 7. The summed E-state index contributed by atoms with van der Waals surface area (Å²) in [7, 11) is 0. The van der Waals surface area contributed by atoms with Gasteiger partial charge < -0.3 is 4.90 Å². The molecule has 26 heavy (non-hydrogen) atoms. The highest BCUT2D eigenvalue weighted by atomic mass is 35.5. The lowest BCUT2D eigenvalue weighted by Crippen LogP contribution is -2.37. The van der Waals surface area contributed by atoms with Gasteiger partial charge in [-0.25, -0.2) is 0 Å². The predicted molar refractivity (Wildman–Crippen MR) is 115 cm³/mol.